The molecular weight excluding hydrogens is 388 g/mol. The van der Waals surface area contributed by atoms with Crippen LogP contribution >= 0.6 is 0 Å². The van der Waals surface area contributed by atoms with Crippen LogP contribution in [0.1, 0.15) is 23.1 Å². The van der Waals surface area contributed by atoms with Crippen LogP contribution in [-0.2, 0) is 14.4 Å². The summed E-state index contributed by atoms with van der Waals surface area (Å²) in [6.45, 7) is 0. The van der Waals surface area contributed by atoms with Crippen LogP contribution in [0.3, 0.4) is 0 Å². The van der Waals surface area contributed by atoms with Gasteiger partial charge in [0.25, 0.3) is 5.91 Å². The van der Waals surface area contributed by atoms with E-state index in [4.69, 9.17) is 27.1 Å². The van der Waals surface area contributed by atoms with Crippen molar-refractivity contribution < 1.29 is 19.5 Å². The van der Waals surface area contributed by atoms with Crippen molar-refractivity contribution in [1.29, 1.82) is 10.8 Å². The van der Waals surface area contributed by atoms with Gasteiger partial charge in [-0.1, -0.05) is 18.2 Å². The number of anilines is 1. The highest BCUT2D eigenvalue weighted by Crippen LogP contribution is 2.31. The molecule has 1 amide bonds. The SMILES string of the molecule is N=C(N)c1ccc(NC(=O)C2(CC(=O)O)C=C(c3cccc(C(=N)N)c3)NO2)cc1. The van der Waals surface area contributed by atoms with Gasteiger partial charge < -0.3 is 21.9 Å². The van der Waals surface area contributed by atoms with Gasteiger partial charge in [0.05, 0.1) is 12.1 Å². The number of carboxylic acids is 1. The van der Waals surface area contributed by atoms with Crippen molar-refractivity contribution in [3.05, 3.63) is 71.3 Å². The zero-order valence-corrected chi connectivity index (χ0v) is 15.7. The number of hydroxylamine groups is 1. The molecule has 2 aromatic carbocycles. The Kier molecular flexibility index (Phi) is 5.52. The summed E-state index contributed by atoms with van der Waals surface area (Å²) in [6.07, 6.45) is 0.771. The molecule has 0 spiro atoms. The molecule has 1 atom stereocenters. The molecule has 1 heterocycles. The second-order valence-corrected chi connectivity index (χ2v) is 6.66. The molecule has 2 aromatic rings. The highest BCUT2D eigenvalue weighted by atomic mass is 16.7. The number of aliphatic carboxylic acids is 1. The Morgan fingerprint density at radius 3 is 2.33 bits per heavy atom. The third-order valence-corrected chi connectivity index (χ3v) is 4.46. The van der Waals surface area contributed by atoms with Gasteiger partial charge in [0.15, 0.2) is 0 Å². The number of hydrogen-bond acceptors (Lipinski definition) is 6. The monoisotopic (exact) mass is 408 g/mol. The van der Waals surface area contributed by atoms with Crippen LogP contribution in [0.5, 0.6) is 0 Å². The fourth-order valence-electron chi connectivity index (χ4n) is 2.91. The van der Waals surface area contributed by atoms with E-state index in [1.165, 1.54) is 6.08 Å². The topological polar surface area (TPSA) is 187 Å². The molecule has 0 aliphatic carbocycles. The molecule has 10 nitrogen and oxygen atoms in total. The minimum absolute atomic E-state index is 0.112. The Balaban J connectivity index is 1.90. The number of hydrogen-bond donors (Lipinski definition) is 7. The predicted octanol–water partition coefficient (Wildman–Crippen LogP) is 0.983. The van der Waals surface area contributed by atoms with E-state index in [-0.39, 0.29) is 11.7 Å². The van der Waals surface area contributed by atoms with E-state index >= 15 is 0 Å². The Hall–Kier alpha value is -4.18. The van der Waals surface area contributed by atoms with Crippen molar-refractivity contribution in [2.45, 2.75) is 12.0 Å². The van der Waals surface area contributed by atoms with E-state index in [0.29, 0.717) is 28.1 Å². The average molecular weight is 408 g/mol. The van der Waals surface area contributed by atoms with Gasteiger partial charge in [0, 0.05) is 22.4 Å². The number of carbonyl (C=O) groups is 2. The maximum Gasteiger partial charge on any atom is 0.307 e. The summed E-state index contributed by atoms with van der Waals surface area (Å²) in [5, 5.41) is 26.9. The molecule has 0 saturated heterocycles. The number of nitrogens with one attached hydrogen (secondary N) is 4. The summed E-state index contributed by atoms with van der Waals surface area (Å²) in [4.78, 5) is 29.8. The third kappa shape index (κ3) is 4.28. The highest BCUT2D eigenvalue weighted by molar-refractivity contribution is 6.03. The minimum atomic E-state index is -1.80. The molecule has 30 heavy (non-hydrogen) atoms. The molecule has 0 fully saturated rings. The molecule has 3 rings (SSSR count). The molecule has 0 aromatic heterocycles. The molecular formula is C20H20N6O4. The zero-order chi connectivity index (χ0) is 21.9. The number of nitrogen functional groups attached to an aromatic ring is 2. The van der Waals surface area contributed by atoms with E-state index in [1.54, 1.807) is 48.5 Å². The van der Waals surface area contributed by atoms with Crippen molar-refractivity contribution in [2.75, 3.05) is 5.32 Å². The summed E-state index contributed by atoms with van der Waals surface area (Å²) in [5.74, 6) is -2.15. The van der Waals surface area contributed by atoms with E-state index < -0.39 is 23.9 Å². The molecule has 0 saturated carbocycles. The fourth-order valence-corrected chi connectivity index (χ4v) is 2.91. The van der Waals surface area contributed by atoms with Crippen molar-refractivity contribution >= 4 is 34.9 Å². The lowest BCUT2D eigenvalue weighted by Crippen LogP contribution is -2.45. The van der Waals surface area contributed by atoms with Crippen LogP contribution in [0, 0.1) is 10.8 Å². The first-order valence-electron chi connectivity index (χ1n) is 8.79. The number of carbonyl (C=O) groups excluding carboxylic acids is 1. The number of rotatable bonds is 7. The molecule has 0 bridgehead atoms. The summed E-state index contributed by atoms with van der Waals surface area (Å²) in [7, 11) is 0. The van der Waals surface area contributed by atoms with Gasteiger partial charge in [-0.2, -0.15) is 0 Å². The van der Waals surface area contributed by atoms with Crippen LogP contribution < -0.4 is 22.3 Å². The van der Waals surface area contributed by atoms with E-state index in [1.807, 2.05) is 0 Å². The van der Waals surface area contributed by atoms with Gasteiger partial charge in [-0.05, 0) is 36.4 Å². The van der Waals surface area contributed by atoms with Gasteiger partial charge in [0.2, 0.25) is 5.60 Å². The predicted molar refractivity (Wildman–Crippen MR) is 111 cm³/mol. The van der Waals surface area contributed by atoms with E-state index in [2.05, 4.69) is 10.8 Å². The summed E-state index contributed by atoms with van der Waals surface area (Å²) in [6, 6.07) is 12.9. The fraction of sp³-hybridized carbons (Fsp3) is 0.100. The largest absolute Gasteiger partial charge is 0.481 e. The molecule has 1 unspecified atom stereocenters. The quantitative estimate of drug-likeness (QED) is 0.262. The molecule has 154 valence electrons. The van der Waals surface area contributed by atoms with Gasteiger partial charge in [-0.15, -0.1) is 0 Å². The number of benzene rings is 2. The summed E-state index contributed by atoms with van der Waals surface area (Å²) in [5.41, 5.74) is 14.0. The average Bonchev–Trinajstić information content (AvgIpc) is 3.13. The number of amidine groups is 2. The van der Waals surface area contributed by atoms with Crippen LogP contribution in [0.15, 0.2) is 54.6 Å². The second kappa shape index (κ2) is 8.05. The number of carboxylic acid groups (broad SMARTS) is 1. The Morgan fingerprint density at radius 1 is 1.07 bits per heavy atom. The first kappa shape index (κ1) is 20.6. The number of amides is 1. The second-order valence-electron chi connectivity index (χ2n) is 6.66. The van der Waals surface area contributed by atoms with Crippen LogP contribution in [0.4, 0.5) is 5.69 Å². The summed E-state index contributed by atoms with van der Waals surface area (Å²) >= 11 is 0. The Morgan fingerprint density at radius 2 is 1.73 bits per heavy atom. The molecule has 1 aliphatic rings. The lowest BCUT2D eigenvalue weighted by atomic mass is 9.95. The van der Waals surface area contributed by atoms with Crippen LogP contribution in [0.25, 0.3) is 5.70 Å². The van der Waals surface area contributed by atoms with Gasteiger partial charge in [0.1, 0.15) is 11.7 Å². The van der Waals surface area contributed by atoms with Gasteiger partial charge >= 0.3 is 5.97 Å². The normalized spacial score (nSPS) is 17.5. The maximum atomic E-state index is 12.9. The van der Waals surface area contributed by atoms with Crippen molar-refractivity contribution in [1.82, 2.24) is 5.48 Å². The minimum Gasteiger partial charge on any atom is -0.481 e. The maximum absolute atomic E-state index is 12.9. The Labute approximate surface area is 171 Å². The highest BCUT2D eigenvalue weighted by Gasteiger charge is 2.45. The molecule has 1 aliphatic heterocycles. The standard InChI is InChI=1S/C20H20N6O4/c21-17(22)11-4-6-14(7-5-11)25-19(29)20(10-16(27)28)9-15(26-30-20)12-2-1-3-13(8-12)18(23)24/h1-9,26H,10H2,(H3,21,22)(H3,23,24)(H,25,29)(H,27,28). The van der Waals surface area contributed by atoms with Crippen LogP contribution in [0.2, 0.25) is 0 Å². The molecule has 9 N–H and O–H groups in total. The first-order valence-corrected chi connectivity index (χ1v) is 8.79. The van der Waals surface area contributed by atoms with Crippen molar-refractivity contribution in [2.24, 2.45) is 11.5 Å². The number of nitrogens with two attached hydrogens (primary N) is 2. The van der Waals surface area contributed by atoms with Crippen molar-refractivity contribution in [3.63, 3.8) is 0 Å². The Bertz CT molecular complexity index is 1060. The first-order chi connectivity index (χ1) is 14.2. The van der Waals surface area contributed by atoms with Gasteiger partial charge in [-0.25, -0.2) is 0 Å². The molecule has 0 radical (unpaired) electrons. The lowest BCUT2D eigenvalue weighted by Gasteiger charge is -2.22. The smallest absolute Gasteiger partial charge is 0.307 e. The zero-order valence-electron chi connectivity index (χ0n) is 15.7. The van der Waals surface area contributed by atoms with E-state index in [0.717, 1.165) is 0 Å². The third-order valence-electron chi connectivity index (χ3n) is 4.46. The molecule has 10 heteroatoms. The van der Waals surface area contributed by atoms with Crippen LogP contribution in [-0.4, -0.2) is 34.3 Å². The lowest BCUT2D eigenvalue weighted by molar-refractivity contribution is -0.152. The van der Waals surface area contributed by atoms with E-state index in [9.17, 15) is 14.7 Å². The van der Waals surface area contributed by atoms with Crippen molar-refractivity contribution in [3.8, 4) is 0 Å². The summed E-state index contributed by atoms with van der Waals surface area (Å²) < 4.78 is 0. The van der Waals surface area contributed by atoms with Gasteiger partial charge in [-0.3, -0.25) is 30.7 Å².